The number of hydrogen-bond donors (Lipinski definition) is 2. The first-order valence-electron chi connectivity index (χ1n) is 8.42. The Morgan fingerprint density at radius 1 is 1.12 bits per heavy atom. The molecule has 2 N–H and O–H groups in total. The molecule has 0 bridgehead atoms. The average Bonchev–Trinajstić information content (AvgIpc) is 2.61. The van der Waals surface area contributed by atoms with Crippen molar-refractivity contribution in [3.8, 4) is 0 Å². The predicted octanol–water partition coefficient (Wildman–Crippen LogP) is 2.87. The van der Waals surface area contributed by atoms with Gasteiger partial charge in [0.25, 0.3) is 5.56 Å². The van der Waals surface area contributed by atoms with Gasteiger partial charge in [0, 0.05) is 19.4 Å². The molecule has 0 aliphatic rings. The van der Waals surface area contributed by atoms with Crippen LogP contribution in [0.4, 0.5) is 0 Å². The summed E-state index contributed by atoms with van der Waals surface area (Å²) in [5.41, 5.74) is 2.83. The standard InChI is InChI=1S/C20H21N3O2/c1-14-9-11-15(12-10-14)13-21-19(24)8-4-7-18-22-17-6-3-2-5-16(17)20(25)23-18/h2-3,5-6,9-12H,4,7-8,13H2,1H3,(H,21,24)(H,22,23,25). The van der Waals surface area contributed by atoms with E-state index in [9.17, 15) is 9.59 Å². The van der Waals surface area contributed by atoms with Crippen molar-refractivity contribution in [2.45, 2.75) is 32.7 Å². The Balaban J connectivity index is 1.50. The van der Waals surface area contributed by atoms with Crippen molar-refractivity contribution in [3.05, 3.63) is 75.8 Å². The monoisotopic (exact) mass is 335 g/mol. The number of aromatic nitrogens is 2. The van der Waals surface area contributed by atoms with Crippen molar-refractivity contribution in [1.29, 1.82) is 0 Å². The van der Waals surface area contributed by atoms with Crippen LogP contribution in [0.25, 0.3) is 10.9 Å². The van der Waals surface area contributed by atoms with Gasteiger partial charge in [-0.1, -0.05) is 42.0 Å². The molecular formula is C20H21N3O2. The highest BCUT2D eigenvalue weighted by Gasteiger charge is 2.05. The second kappa shape index (κ2) is 7.75. The molecule has 0 aliphatic heterocycles. The lowest BCUT2D eigenvalue weighted by molar-refractivity contribution is -0.121. The van der Waals surface area contributed by atoms with Crippen LogP contribution in [0.3, 0.4) is 0 Å². The molecule has 0 radical (unpaired) electrons. The maximum Gasteiger partial charge on any atom is 0.258 e. The first kappa shape index (κ1) is 16.9. The molecule has 1 amide bonds. The summed E-state index contributed by atoms with van der Waals surface area (Å²) in [5, 5.41) is 3.50. The molecule has 0 aliphatic carbocycles. The fourth-order valence-electron chi connectivity index (χ4n) is 2.66. The molecule has 0 atom stereocenters. The van der Waals surface area contributed by atoms with Crippen LogP contribution in [0, 0.1) is 6.92 Å². The zero-order chi connectivity index (χ0) is 17.6. The molecule has 5 heteroatoms. The van der Waals surface area contributed by atoms with Crippen LogP contribution >= 0.6 is 0 Å². The lowest BCUT2D eigenvalue weighted by Crippen LogP contribution is -2.22. The zero-order valence-corrected chi connectivity index (χ0v) is 14.2. The van der Waals surface area contributed by atoms with Gasteiger partial charge < -0.3 is 10.3 Å². The number of amides is 1. The van der Waals surface area contributed by atoms with Crippen molar-refractivity contribution in [2.75, 3.05) is 0 Å². The first-order chi connectivity index (χ1) is 12.1. The first-order valence-corrected chi connectivity index (χ1v) is 8.42. The third-order valence-corrected chi connectivity index (χ3v) is 4.09. The van der Waals surface area contributed by atoms with Crippen LogP contribution in [0.5, 0.6) is 0 Å². The summed E-state index contributed by atoms with van der Waals surface area (Å²) >= 11 is 0. The van der Waals surface area contributed by atoms with E-state index in [0.29, 0.717) is 42.5 Å². The van der Waals surface area contributed by atoms with E-state index in [1.807, 2.05) is 49.4 Å². The molecule has 1 heterocycles. The average molecular weight is 335 g/mol. The van der Waals surface area contributed by atoms with E-state index >= 15 is 0 Å². The maximum absolute atomic E-state index is 12.0. The van der Waals surface area contributed by atoms with Crippen LogP contribution < -0.4 is 10.9 Å². The van der Waals surface area contributed by atoms with E-state index in [1.165, 1.54) is 5.56 Å². The molecule has 5 nitrogen and oxygen atoms in total. The molecule has 0 spiro atoms. The number of hydrogen-bond acceptors (Lipinski definition) is 3. The van der Waals surface area contributed by atoms with Crippen molar-refractivity contribution >= 4 is 16.8 Å². The fourth-order valence-corrected chi connectivity index (χ4v) is 2.66. The van der Waals surface area contributed by atoms with Gasteiger partial charge in [0.05, 0.1) is 10.9 Å². The van der Waals surface area contributed by atoms with Crippen LogP contribution in [0.2, 0.25) is 0 Å². The molecule has 3 aromatic rings. The number of nitrogens with one attached hydrogen (secondary N) is 2. The molecular weight excluding hydrogens is 314 g/mol. The van der Waals surface area contributed by atoms with Crippen LogP contribution in [0.1, 0.15) is 29.8 Å². The van der Waals surface area contributed by atoms with Gasteiger partial charge in [-0.15, -0.1) is 0 Å². The lowest BCUT2D eigenvalue weighted by Gasteiger charge is -2.06. The number of benzene rings is 2. The third kappa shape index (κ3) is 4.53. The summed E-state index contributed by atoms with van der Waals surface area (Å²) in [6, 6.07) is 15.3. The molecule has 25 heavy (non-hydrogen) atoms. The number of nitrogens with zero attached hydrogens (tertiary/aromatic N) is 1. The molecule has 0 fully saturated rings. The van der Waals surface area contributed by atoms with E-state index in [-0.39, 0.29) is 11.5 Å². The summed E-state index contributed by atoms with van der Waals surface area (Å²) in [7, 11) is 0. The lowest BCUT2D eigenvalue weighted by atomic mass is 10.1. The van der Waals surface area contributed by atoms with Gasteiger partial charge in [-0.05, 0) is 31.0 Å². The summed E-state index contributed by atoms with van der Waals surface area (Å²) in [5.74, 6) is 0.624. The second-order valence-electron chi connectivity index (χ2n) is 6.15. The Bertz CT molecular complexity index is 930. The van der Waals surface area contributed by atoms with E-state index in [4.69, 9.17) is 0 Å². The summed E-state index contributed by atoms with van der Waals surface area (Å²) in [6.45, 7) is 2.57. The van der Waals surface area contributed by atoms with Gasteiger partial charge in [0.15, 0.2) is 0 Å². The van der Waals surface area contributed by atoms with Gasteiger partial charge >= 0.3 is 0 Å². The molecule has 3 rings (SSSR count). The highest BCUT2D eigenvalue weighted by Crippen LogP contribution is 2.07. The van der Waals surface area contributed by atoms with Gasteiger partial charge in [-0.2, -0.15) is 0 Å². The zero-order valence-electron chi connectivity index (χ0n) is 14.2. The molecule has 0 saturated carbocycles. The van der Waals surface area contributed by atoms with Gasteiger partial charge in [0.2, 0.25) is 5.91 Å². The Hall–Kier alpha value is -2.95. The number of fused-ring (bicyclic) bond motifs is 1. The normalized spacial score (nSPS) is 10.8. The summed E-state index contributed by atoms with van der Waals surface area (Å²) < 4.78 is 0. The highest BCUT2D eigenvalue weighted by molar-refractivity contribution is 5.77. The second-order valence-corrected chi connectivity index (χ2v) is 6.15. The SMILES string of the molecule is Cc1ccc(CNC(=O)CCCc2nc3ccccc3c(=O)[nH]2)cc1. The number of H-pyrrole nitrogens is 1. The smallest absolute Gasteiger partial charge is 0.258 e. The van der Waals surface area contributed by atoms with Crippen LogP contribution in [0.15, 0.2) is 53.3 Å². The van der Waals surface area contributed by atoms with E-state index in [0.717, 1.165) is 5.56 Å². The van der Waals surface area contributed by atoms with Gasteiger partial charge in [-0.3, -0.25) is 9.59 Å². The minimum atomic E-state index is -0.135. The largest absolute Gasteiger partial charge is 0.352 e. The van der Waals surface area contributed by atoms with Crippen molar-refractivity contribution in [2.24, 2.45) is 0 Å². The number of carbonyl (C=O) groups excluding carboxylic acids is 1. The minimum absolute atomic E-state index is 0.00344. The predicted molar refractivity (Wildman–Crippen MR) is 98.3 cm³/mol. The molecule has 0 unspecified atom stereocenters. The quantitative estimate of drug-likeness (QED) is 0.727. The topological polar surface area (TPSA) is 74.8 Å². The fraction of sp³-hybridized carbons (Fsp3) is 0.250. The van der Waals surface area contributed by atoms with Crippen molar-refractivity contribution in [1.82, 2.24) is 15.3 Å². The van der Waals surface area contributed by atoms with Crippen molar-refractivity contribution in [3.63, 3.8) is 0 Å². The number of aryl methyl sites for hydroxylation is 2. The number of para-hydroxylation sites is 1. The minimum Gasteiger partial charge on any atom is -0.352 e. The highest BCUT2D eigenvalue weighted by atomic mass is 16.1. The number of carbonyl (C=O) groups is 1. The Labute approximate surface area is 146 Å². The van der Waals surface area contributed by atoms with E-state index in [1.54, 1.807) is 6.07 Å². The molecule has 1 aromatic heterocycles. The Morgan fingerprint density at radius 2 is 1.88 bits per heavy atom. The van der Waals surface area contributed by atoms with Gasteiger partial charge in [0.1, 0.15) is 5.82 Å². The van der Waals surface area contributed by atoms with Crippen molar-refractivity contribution < 1.29 is 4.79 Å². The third-order valence-electron chi connectivity index (χ3n) is 4.09. The Kier molecular flexibility index (Phi) is 5.23. The summed E-state index contributed by atoms with van der Waals surface area (Å²) in [4.78, 5) is 31.2. The Morgan fingerprint density at radius 3 is 2.68 bits per heavy atom. The maximum atomic E-state index is 12.0. The van der Waals surface area contributed by atoms with E-state index in [2.05, 4.69) is 15.3 Å². The van der Waals surface area contributed by atoms with Crippen LogP contribution in [-0.2, 0) is 17.8 Å². The number of rotatable bonds is 6. The van der Waals surface area contributed by atoms with Crippen LogP contribution in [-0.4, -0.2) is 15.9 Å². The molecule has 0 saturated heterocycles. The molecule has 128 valence electrons. The summed E-state index contributed by atoms with van der Waals surface area (Å²) in [6.07, 6.45) is 1.61. The number of aromatic amines is 1. The van der Waals surface area contributed by atoms with Gasteiger partial charge in [-0.25, -0.2) is 4.98 Å². The molecule has 2 aromatic carbocycles. The van der Waals surface area contributed by atoms with E-state index < -0.39 is 0 Å².